The Labute approximate surface area is 126 Å². The fourth-order valence-electron chi connectivity index (χ4n) is 1.72. The van der Waals surface area contributed by atoms with Gasteiger partial charge in [0.15, 0.2) is 0 Å². The molecule has 0 saturated carbocycles. The fourth-order valence-corrected chi connectivity index (χ4v) is 2.48. The van der Waals surface area contributed by atoms with E-state index in [-0.39, 0.29) is 17.1 Å². The van der Waals surface area contributed by atoms with E-state index in [9.17, 15) is 9.90 Å². The number of carboxylic acid groups (broad SMARTS) is 1. The molecule has 0 bridgehead atoms. The number of carbonyl (C=O) groups is 1. The smallest absolute Gasteiger partial charge is 0.339 e. The molecule has 21 heavy (non-hydrogen) atoms. The van der Waals surface area contributed by atoms with Gasteiger partial charge in [0.25, 0.3) is 0 Å². The summed E-state index contributed by atoms with van der Waals surface area (Å²) < 4.78 is 5.68. The Kier molecular flexibility index (Phi) is 4.90. The Morgan fingerprint density at radius 2 is 1.90 bits per heavy atom. The summed E-state index contributed by atoms with van der Waals surface area (Å²) in [4.78, 5) is 11.7. The minimum absolute atomic E-state index is 0.0699. The second-order valence-electron chi connectivity index (χ2n) is 4.11. The highest BCUT2D eigenvalue weighted by molar-refractivity contribution is 7.99. The summed E-state index contributed by atoms with van der Waals surface area (Å²) in [7, 11) is 0. The van der Waals surface area contributed by atoms with Crippen molar-refractivity contribution in [2.75, 3.05) is 5.75 Å². The lowest BCUT2D eigenvalue weighted by Crippen LogP contribution is -2.00. The van der Waals surface area contributed by atoms with Gasteiger partial charge >= 0.3 is 5.97 Å². The number of hydrogen-bond acceptors (Lipinski definition) is 4. The van der Waals surface area contributed by atoms with Gasteiger partial charge in [0.2, 0.25) is 0 Å². The lowest BCUT2D eigenvalue weighted by atomic mass is 10.2. The van der Waals surface area contributed by atoms with E-state index in [1.807, 2.05) is 0 Å². The molecule has 0 heterocycles. The van der Waals surface area contributed by atoms with E-state index < -0.39 is 5.97 Å². The van der Waals surface area contributed by atoms with E-state index in [4.69, 9.17) is 9.84 Å². The first-order chi connectivity index (χ1) is 10.1. The van der Waals surface area contributed by atoms with Gasteiger partial charge in [-0.25, -0.2) is 4.79 Å². The van der Waals surface area contributed by atoms with Crippen LogP contribution in [-0.4, -0.2) is 21.9 Å². The monoisotopic (exact) mass is 302 g/mol. The van der Waals surface area contributed by atoms with Crippen LogP contribution in [-0.2, 0) is 0 Å². The molecule has 108 valence electrons. The number of hydrogen-bond donors (Lipinski definition) is 2. The van der Waals surface area contributed by atoms with Crippen LogP contribution in [0, 0.1) is 0 Å². The molecule has 2 N–H and O–H groups in total. The van der Waals surface area contributed by atoms with E-state index in [1.165, 1.54) is 17.8 Å². The van der Waals surface area contributed by atoms with Crippen LogP contribution in [0.3, 0.4) is 0 Å². The molecule has 2 aromatic carbocycles. The van der Waals surface area contributed by atoms with Crippen LogP contribution in [0.2, 0.25) is 0 Å². The molecule has 0 saturated heterocycles. The Morgan fingerprint density at radius 3 is 2.62 bits per heavy atom. The number of aromatic hydroxyl groups is 1. The Balaban J connectivity index is 2.38. The number of phenols is 1. The first-order valence-electron chi connectivity index (χ1n) is 6.19. The summed E-state index contributed by atoms with van der Waals surface area (Å²) in [5, 5.41) is 19.1. The average molecular weight is 302 g/mol. The van der Waals surface area contributed by atoms with Crippen LogP contribution in [0.1, 0.15) is 10.4 Å². The van der Waals surface area contributed by atoms with Crippen LogP contribution in [0.25, 0.3) is 0 Å². The number of aromatic carboxylic acids is 1. The van der Waals surface area contributed by atoms with Crippen molar-refractivity contribution >= 4 is 17.7 Å². The number of rotatable bonds is 6. The zero-order chi connectivity index (χ0) is 15.2. The van der Waals surface area contributed by atoms with Crippen LogP contribution in [0.15, 0.2) is 60.0 Å². The van der Waals surface area contributed by atoms with Gasteiger partial charge < -0.3 is 14.9 Å². The molecular formula is C16H14O4S. The van der Waals surface area contributed by atoms with E-state index in [1.54, 1.807) is 42.5 Å². The van der Waals surface area contributed by atoms with Crippen molar-refractivity contribution in [3.05, 3.63) is 60.7 Å². The zero-order valence-electron chi connectivity index (χ0n) is 11.2. The molecule has 0 aliphatic rings. The van der Waals surface area contributed by atoms with Crippen molar-refractivity contribution in [2.45, 2.75) is 4.90 Å². The average Bonchev–Trinajstić information content (AvgIpc) is 2.47. The third-order valence-electron chi connectivity index (χ3n) is 2.64. The second kappa shape index (κ2) is 6.85. The molecule has 0 unspecified atom stereocenters. The number of benzene rings is 2. The molecule has 2 aromatic rings. The summed E-state index contributed by atoms with van der Waals surface area (Å²) in [6, 6.07) is 11.3. The normalized spacial score (nSPS) is 10.1. The van der Waals surface area contributed by atoms with Crippen LogP contribution in [0.5, 0.6) is 17.2 Å². The second-order valence-corrected chi connectivity index (χ2v) is 5.14. The van der Waals surface area contributed by atoms with Crippen LogP contribution >= 0.6 is 11.8 Å². The van der Waals surface area contributed by atoms with Crippen molar-refractivity contribution in [1.29, 1.82) is 0 Å². The van der Waals surface area contributed by atoms with Gasteiger partial charge in [-0.2, -0.15) is 0 Å². The Hall–Kier alpha value is -2.40. The quantitative estimate of drug-likeness (QED) is 0.619. The Bertz CT molecular complexity index is 667. The van der Waals surface area contributed by atoms with E-state index >= 15 is 0 Å². The maximum atomic E-state index is 11.2. The van der Waals surface area contributed by atoms with E-state index in [0.29, 0.717) is 16.4 Å². The lowest BCUT2D eigenvalue weighted by molar-refractivity contribution is 0.0694. The van der Waals surface area contributed by atoms with Crippen molar-refractivity contribution in [1.82, 2.24) is 0 Å². The summed E-state index contributed by atoms with van der Waals surface area (Å²) in [5.41, 5.74) is 0.0699. The van der Waals surface area contributed by atoms with Crippen molar-refractivity contribution < 1.29 is 19.7 Å². The minimum atomic E-state index is -1.06. The number of para-hydroxylation sites is 1. The van der Waals surface area contributed by atoms with Gasteiger partial charge in [0, 0.05) is 5.75 Å². The molecule has 0 spiro atoms. The number of carboxylic acids is 1. The molecule has 5 heteroatoms. The summed E-state index contributed by atoms with van der Waals surface area (Å²) in [6.45, 7) is 3.64. The SMILES string of the molecule is C=CCSc1c(O)cccc1Oc1ccccc1C(=O)O. The van der Waals surface area contributed by atoms with Crippen molar-refractivity contribution in [3.8, 4) is 17.2 Å². The highest BCUT2D eigenvalue weighted by atomic mass is 32.2. The third kappa shape index (κ3) is 3.58. The summed E-state index contributed by atoms with van der Waals surface area (Å²) in [5.74, 6) is 0.277. The highest BCUT2D eigenvalue weighted by Crippen LogP contribution is 2.39. The van der Waals surface area contributed by atoms with Gasteiger partial charge in [-0.05, 0) is 24.3 Å². The molecular weight excluding hydrogens is 288 g/mol. The molecule has 2 rings (SSSR count). The van der Waals surface area contributed by atoms with Gasteiger partial charge in [-0.15, -0.1) is 18.3 Å². The third-order valence-corrected chi connectivity index (χ3v) is 3.74. The first kappa shape index (κ1) is 15.0. The molecule has 0 aliphatic carbocycles. The van der Waals surface area contributed by atoms with Crippen molar-refractivity contribution in [3.63, 3.8) is 0 Å². The topological polar surface area (TPSA) is 66.8 Å². The van der Waals surface area contributed by atoms with E-state index in [2.05, 4.69) is 6.58 Å². The molecule has 0 aromatic heterocycles. The van der Waals surface area contributed by atoms with E-state index in [0.717, 1.165) is 0 Å². The number of phenolic OH excluding ortho intramolecular Hbond substituents is 1. The molecule has 0 amide bonds. The number of ether oxygens (including phenoxy) is 1. The largest absolute Gasteiger partial charge is 0.507 e. The van der Waals surface area contributed by atoms with Crippen LogP contribution < -0.4 is 4.74 Å². The van der Waals surface area contributed by atoms with Crippen molar-refractivity contribution in [2.24, 2.45) is 0 Å². The first-order valence-corrected chi connectivity index (χ1v) is 7.18. The molecule has 0 aliphatic heterocycles. The molecule has 0 atom stereocenters. The highest BCUT2D eigenvalue weighted by Gasteiger charge is 2.14. The minimum Gasteiger partial charge on any atom is -0.507 e. The standard InChI is InChI=1S/C16H14O4S/c1-2-10-21-15-12(17)7-5-9-14(15)20-13-8-4-3-6-11(13)16(18)19/h2-9,17H,1,10H2,(H,18,19). The number of thioether (sulfide) groups is 1. The lowest BCUT2D eigenvalue weighted by Gasteiger charge is -2.13. The molecule has 4 nitrogen and oxygen atoms in total. The maximum Gasteiger partial charge on any atom is 0.339 e. The van der Waals surface area contributed by atoms with Gasteiger partial charge in [0.1, 0.15) is 22.8 Å². The maximum absolute atomic E-state index is 11.2. The zero-order valence-corrected chi connectivity index (χ0v) is 12.0. The molecule has 0 radical (unpaired) electrons. The predicted molar refractivity (Wildman–Crippen MR) is 82.5 cm³/mol. The van der Waals surface area contributed by atoms with Gasteiger partial charge in [-0.1, -0.05) is 24.3 Å². The van der Waals surface area contributed by atoms with Crippen LogP contribution in [0.4, 0.5) is 0 Å². The Morgan fingerprint density at radius 1 is 1.19 bits per heavy atom. The summed E-state index contributed by atoms with van der Waals surface area (Å²) >= 11 is 1.37. The fraction of sp³-hybridized carbons (Fsp3) is 0.0625. The van der Waals surface area contributed by atoms with Gasteiger partial charge in [-0.3, -0.25) is 0 Å². The predicted octanol–water partition coefficient (Wildman–Crippen LogP) is 4.16. The van der Waals surface area contributed by atoms with Gasteiger partial charge in [0.05, 0.1) is 4.90 Å². The molecule has 0 fully saturated rings. The summed E-state index contributed by atoms with van der Waals surface area (Å²) in [6.07, 6.45) is 1.71.